The van der Waals surface area contributed by atoms with Crippen molar-refractivity contribution in [3.05, 3.63) is 10.1 Å². The maximum Gasteiger partial charge on any atom is 0.413 e. The largest absolute Gasteiger partial charge is 0.413 e. The standard InChI is InChI=1S/C8H10BrF3N2O/c9-5-1-3(7(14)15)6(13)2-4(5)8(10,11)12/h3,6H,1-2,13H2,(H2,14,15)/t3-,6?/m0/s1. The smallest absolute Gasteiger partial charge is 0.369 e. The number of hydrogen-bond donors (Lipinski definition) is 2. The van der Waals surface area contributed by atoms with Crippen LogP contribution in [0.3, 0.4) is 0 Å². The van der Waals surface area contributed by atoms with Crippen LogP contribution in [-0.2, 0) is 4.79 Å². The van der Waals surface area contributed by atoms with E-state index in [1.54, 1.807) is 0 Å². The Morgan fingerprint density at radius 1 is 1.40 bits per heavy atom. The van der Waals surface area contributed by atoms with Gasteiger partial charge in [0.05, 0.1) is 5.92 Å². The van der Waals surface area contributed by atoms with Crippen LogP contribution in [0, 0.1) is 5.92 Å². The number of hydrogen-bond acceptors (Lipinski definition) is 2. The van der Waals surface area contributed by atoms with E-state index in [9.17, 15) is 18.0 Å². The molecule has 0 aromatic rings. The maximum absolute atomic E-state index is 12.4. The molecular formula is C8H10BrF3N2O. The summed E-state index contributed by atoms with van der Waals surface area (Å²) in [5, 5.41) is 0. The summed E-state index contributed by atoms with van der Waals surface area (Å²) < 4.78 is 37.3. The van der Waals surface area contributed by atoms with Gasteiger partial charge in [0.15, 0.2) is 0 Å². The molecule has 1 unspecified atom stereocenters. The van der Waals surface area contributed by atoms with Crippen LogP contribution in [0.15, 0.2) is 10.1 Å². The second-order valence-corrected chi connectivity index (χ2v) is 4.42. The van der Waals surface area contributed by atoms with Crippen molar-refractivity contribution in [2.45, 2.75) is 25.1 Å². The number of carbonyl (C=O) groups is 1. The Hall–Kier alpha value is -0.560. The molecule has 1 aliphatic carbocycles. The number of rotatable bonds is 1. The molecule has 0 heterocycles. The molecule has 4 N–H and O–H groups in total. The van der Waals surface area contributed by atoms with Gasteiger partial charge in [0, 0.05) is 16.1 Å². The maximum atomic E-state index is 12.4. The van der Waals surface area contributed by atoms with E-state index < -0.39 is 29.6 Å². The van der Waals surface area contributed by atoms with Crippen LogP contribution in [0.1, 0.15) is 12.8 Å². The Balaban J connectivity index is 2.96. The van der Waals surface area contributed by atoms with Crippen LogP contribution in [0.25, 0.3) is 0 Å². The quantitative estimate of drug-likeness (QED) is 0.765. The van der Waals surface area contributed by atoms with Gasteiger partial charge in [-0.2, -0.15) is 13.2 Å². The molecule has 1 rings (SSSR count). The first-order valence-corrected chi connectivity index (χ1v) is 5.02. The second kappa shape index (κ2) is 4.13. The van der Waals surface area contributed by atoms with Crippen LogP contribution in [-0.4, -0.2) is 18.1 Å². The van der Waals surface area contributed by atoms with Gasteiger partial charge < -0.3 is 11.5 Å². The lowest BCUT2D eigenvalue weighted by molar-refractivity contribution is -0.123. The summed E-state index contributed by atoms with van der Waals surface area (Å²) in [5.41, 5.74) is 9.80. The van der Waals surface area contributed by atoms with Crippen LogP contribution >= 0.6 is 15.9 Å². The molecule has 0 spiro atoms. The molecule has 15 heavy (non-hydrogen) atoms. The molecule has 0 radical (unpaired) electrons. The van der Waals surface area contributed by atoms with E-state index >= 15 is 0 Å². The first-order valence-electron chi connectivity index (χ1n) is 4.23. The van der Waals surface area contributed by atoms with Crippen LogP contribution in [0.2, 0.25) is 0 Å². The highest BCUT2D eigenvalue weighted by Gasteiger charge is 2.42. The highest BCUT2D eigenvalue weighted by atomic mass is 79.9. The minimum Gasteiger partial charge on any atom is -0.369 e. The van der Waals surface area contributed by atoms with Crippen LogP contribution < -0.4 is 11.5 Å². The van der Waals surface area contributed by atoms with Crippen LogP contribution in [0.5, 0.6) is 0 Å². The van der Waals surface area contributed by atoms with Gasteiger partial charge in [-0.05, 0) is 12.8 Å². The molecule has 1 aliphatic rings. The highest BCUT2D eigenvalue weighted by molar-refractivity contribution is 9.11. The Morgan fingerprint density at radius 2 is 1.93 bits per heavy atom. The summed E-state index contributed by atoms with van der Waals surface area (Å²) >= 11 is 2.82. The lowest BCUT2D eigenvalue weighted by Crippen LogP contribution is -2.43. The lowest BCUT2D eigenvalue weighted by atomic mass is 9.84. The predicted molar refractivity (Wildman–Crippen MR) is 51.9 cm³/mol. The zero-order valence-electron chi connectivity index (χ0n) is 7.64. The Labute approximate surface area is 92.8 Å². The molecule has 0 aliphatic heterocycles. The van der Waals surface area contributed by atoms with Crippen molar-refractivity contribution in [1.29, 1.82) is 0 Å². The molecule has 0 saturated carbocycles. The molecule has 2 atom stereocenters. The predicted octanol–water partition coefficient (Wildman–Crippen LogP) is 1.42. The first-order chi connectivity index (χ1) is 6.73. The number of primary amides is 1. The fourth-order valence-electron chi connectivity index (χ4n) is 1.54. The zero-order chi connectivity index (χ0) is 11.8. The molecule has 3 nitrogen and oxygen atoms in total. The van der Waals surface area contributed by atoms with E-state index in [1.165, 1.54) is 0 Å². The van der Waals surface area contributed by atoms with Gasteiger partial charge in [-0.1, -0.05) is 15.9 Å². The molecule has 0 bridgehead atoms. The average Bonchev–Trinajstić information content (AvgIpc) is 2.06. The Kier molecular flexibility index (Phi) is 3.44. The van der Waals surface area contributed by atoms with Crippen molar-refractivity contribution in [2.24, 2.45) is 17.4 Å². The minimum absolute atomic E-state index is 0.0273. The molecule has 0 aromatic carbocycles. The van der Waals surface area contributed by atoms with E-state index in [2.05, 4.69) is 15.9 Å². The topological polar surface area (TPSA) is 69.1 Å². The number of halogens is 4. The van der Waals surface area contributed by atoms with Gasteiger partial charge in [-0.25, -0.2) is 0 Å². The number of carbonyl (C=O) groups excluding carboxylic acids is 1. The van der Waals surface area contributed by atoms with E-state index in [0.29, 0.717) is 0 Å². The van der Waals surface area contributed by atoms with Crippen molar-refractivity contribution >= 4 is 21.8 Å². The Bertz CT molecular complexity index is 313. The first kappa shape index (κ1) is 12.5. The number of allylic oxidation sites excluding steroid dienone is 1. The lowest BCUT2D eigenvalue weighted by Gasteiger charge is -2.29. The summed E-state index contributed by atoms with van der Waals surface area (Å²) in [5.74, 6) is -1.40. The van der Waals surface area contributed by atoms with E-state index in [0.717, 1.165) is 0 Å². The fourth-order valence-corrected chi connectivity index (χ4v) is 2.27. The van der Waals surface area contributed by atoms with Gasteiger partial charge in [-0.3, -0.25) is 4.79 Å². The summed E-state index contributed by atoms with van der Waals surface area (Å²) in [6, 6.07) is -0.861. The summed E-state index contributed by atoms with van der Waals surface area (Å²) in [6.45, 7) is 0. The SMILES string of the molecule is NC(=O)[C@H]1CC(Br)=C(C(F)(F)F)CC1N. The highest BCUT2D eigenvalue weighted by Crippen LogP contribution is 2.40. The third kappa shape index (κ3) is 2.72. The molecule has 0 aromatic heterocycles. The number of nitrogens with two attached hydrogens (primary N) is 2. The zero-order valence-corrected chi connectivity index (χ0v) is 9.23. The van der Waals surface area contributed by atoms with Gasteiger partial charge in [0.25, 0.3) is 0 Å². The summed E-state index contributed by atoms with van der Waals surface area (Å²) in [4.78, 5) is 10.9. The number of amides is 1. The van der Waals surface area contributed by atoms with Crippen molar-refractivity contribution in [3.8, 4) is 0 Å². The number of alkyl halides is 3. The molecule has 7 heteroatoms. The molecule has 86 valence electrons. The average molecular weight is 287 g/mol. The summed E-state index contributed by atoms with van der Waals surface area (Å²) in [6.07, 6.45) is -4.86. The molecular weight excluding hydrogens is 277 g/mol. The molecule has 0 saturated heterocycles. The van der Waals surface area contributed by atoms with Crippen molar-refractivity contribution in [2.75, 3.05) is 0 Å². The normalized spacial score (nSPS) is 28.1. The van der Waals surface area contributed by atoms with Gasteiger partial charge in [0.2, 0.25) is 5.91 Å². The van der Waals surface area contributed by atoms with E-state index in [-0.39, 0.29) is 17.3 Å². The molecule has 0 fully saturated rings. The van der Waals surface area contributed by atoms with Crippen molar-refractivity contribution < 1.29 is 18.0 Å². The minimum atomic E-state index is -4.40. The monoisotopic (exact) mass is 286 g/mol. The van der Waals surface area contributed by atoms with Gasteiger partial charge in [-0.15, -0.1) is 0 Å². The third-order valence-electron chi connectivity index (χ3n) is 2.39. The Morgan fingerprint density at radius 3 is 2.33 bits per heavy atom. The van der Waals surface area contributed by atoms with E-state index in [1.807, 2.05) is 0 Å². The van der Waals surface area contributed by atoms with Crippen LogP contribution in [0.4, 0.5) is 13.2 Å². The summed E-state index contributed by atoms with van der Waals surface area (Å²) in [7, 11) is 0. The van der Waals surface area contributed by atoms with Gasteiger partial charge in [0.1, 0.15) is 0 Å². The molecule has 1 amide bonds. The second-order valence-electron chi connectivity index (χ2n) is 3.46. The fraction of sp³-hybridized carbons (Fsp3) is 0.625. The van der Waals surface area contributed by atoms with Crippen molar-refractivity contribution in [1.82, 2.24) is 0 Å². The van der Waals surface area contributed by atoms with Gasteiger partial charge >= 0.3 is 6.18 Å². The third-order valence-corrected chi connectivity index (χ3v) is 3.19. The van der Waals surface area contributed by atoms with Crippen molar-refractivity contribution in [3.63, 3.8) is 0 Å². The van der Waals surface area contributed by atoms with E-state index in [4.69, 9.17) is 11.5 Å².